The Labute approximate surface area is 185 Å². The quantitative estimate of drug-likeness (QED) is 0.477. The van der Waals surface area contributed by atoms with Crippen molar-refractivity contribution in [2.24, 2.45) is 4.99 Å². The normalized spacial score (nSPS) is 14.1. The van der Waals surface area contributed by atoms with E-state index >= 15 is 0 Å². The van der Waals surface area contributed by atoms with Gasteiger partial charge in [-0.2, -0.15) is 0 Å². The molecular formula is C25H34N4O2. The average molecular weight is 423 g/mol. The van der Waals surface area contributed by atoms with Crippen molar-refractivity contribution in [2.75, 3.05) is 20.2 Å². The standard InChI is InChI=1S/C25H34N4O2/c1-4-14-31-23-15-19(2)7-12-22(23)17-28-25(26-3)27-16-20-8-10-21(11-9-20)18-29-13-5-6-24(29)30/h7-12,15H,4-6,13-14,16-18H2,1-3H3,(H2,26,27,28). The second-order valence-electron chi connectivity index (χ2n) is 7.97. The van der Waals surface area contributed by atoms with Crippen LogP contribution in [0.25, 0.3) is 0 Å². The van der Waals surface area contributed by atoms with Crippen molar-refractivity contribution in [1.29, 1.82) is 0 Å². The van der Waals surface area contributed by atoms with Gasteiger partial charge >= 0.3 is 0 Å². The van der Waals surface area contributed by atoms with E-state index in [1.165, 1.54) is 16.7 Å². The maximum atomic E-state index is 11.8. The average Bonchev–Trinajstić information content (AvgIpc) is 3.18. The van der Waals surface area contributed by atoms with Crippen LogP contribution in [0.15, 0.2) is 47.5 Å². The van der Waals surface area contributed by atoms with Gasteiger partial charge in [0.1, 0.15) is 5.75 Å². The molecule has 1 aliphatic heterocycles. The molecule has 0 aromatic heterocycles. The van der Waals surface area contributed by atoms with Gasteiger partial charge in [0.25, 0.3) is 0 Å². The Morgan fingerprint density at radius 3 is 2.52 bits per heavy atom. The summed E-state index contributed by atoms with van der Waals surface area (Å²) in [4.78, 5) is 18.1. The number of hydrogen-bond acceptors (Lipinski definition) is 3. The van der Waals surface area contributed by atoms with Crippen molar-refractivity contribution < 1.29 is 9.53 Å². The zero-order valence-electron chi connectivity index (χ0n) is 18.9. The number of guanidine groups is 1. The number of carbonyl (C=O) groups excluding carboxylic acids is 1. The number of amides is 1. The number of nitrogens with one attached hydrogen (secondary N) is 2. The topological polar surface area (TPSA) is 66.0 Å². The Morgan fingerprint density at radius 2 is 1.84 bits per heavy atom. The van der Waals surface area contributed by atoms with Crippen LogP contribution in [0.5, 0.6) is 5.75 Å². The Kier molecular flexibility index (Phi) is 8.33. The van der Waals surface area contributed by atoms with Gasteiger partial charge in [0.05, 0.1) is 6.61 Å². The number of likely N-dealkylation sites (tertiary alicyclic amines) is 1. The molecule has 2 N–H and O–H groups in total. The number of rotatable bonds is 9. The van der Waals surface area contributed by atoms with Crippen LogP contribution in [0.4, 0.5) is 0 Å². The van der Waals surface area contributed by atoms with E-state index in [-0.39, 0.29) is 5.91 Å². The van der Waals surface area contributed by atoms with Gasteiger partial charge in [-0.15, -0.1) is 0 Å². The summed E-state index contributed by atoms with van der Waals surface area (Å²) < 4.78 is 5.90. The van der Waals surface area contributed by atoms with Crippen LogP contribution >= 0.6 is 0 Å². The first kappa shape index (κ1) is 22.7. The molecule has 2 aromatic carbocycles. The van der Waals surface area contributed by atoms with Gasteiger partial charge < -0.3 is 20.3 Å². The molecule has 6 heteroatoms. The van der Waals surface area contributed by atoms with Crippen molar-refractivity contribution in [3.05, 3.63) is 64.7 Å². The summed E-state index contributed by atoms with van der Waals surface area (Å²) in [6.07, 6.45) is 2.64. The smallest absolute Gasteiger partial charge is 0.222 e. The van der Waals surface area contributed by atoms with E-state index in [4.69, 9.17) is 4.74 Å². The summed E-state index contributed by atoms with van der Waals surface area (Å²) in [7, 11) is 1.77. The molecule has 0 radical (unpaired) electrons. The van der Waals surface area contributed by atoms with E-state index < -0.39 is 0 Å². The first-order chi connectivity index (χ1) is 15.1. The summed E-state index contributed by atoms with van der Waals surface area (Å²) in [5.74, 6) is 1.93. The molecule has 166 valence electrons. The lowest BCUT2D eigenvalue weighted by Crippen LogP contribution is -2.36. The Bertz CT molecular complexity index is 893. The molecule has 0 saturated carbocycles. The van der Waals surface area contributed by atoms with E-state index in [9.17, 15) is 4.79 Å². The second kappa shape index (κ2) is 11.4. The third kappa shape index (κ3) is 6.74. The number of aliphatic imine (C=N–C) groups is 1. The summed E-state index contributed by atoms with van der Waals surface area (Å²) in [5, 5.41) is 6.73. The summed E-state index contributed by atoms with van der Waals surface area (Å²) in [5.41, 5.74) is 4.64. The molecule has 31 heavy (non-hydrogen) atoms. The van der Waals surface area contributed by atoms with Gasteiger partial charge in [-0.3, -0.25) is 9.79 Å². The highest BCUT2D eigenvalue weighted by atomic mass is 16.5. The first-order valence-corrected chi connectivity index (χ1v) is 11.1. The largest absolute Gasteiger partial charge is 0.493 e. The van der Waals surface area contributed by atoms with Crippen LogP contribution in [0, 0.1) is 6.92 Å². The summed E-state index contributed by atoms with van der Waals surface area (Å²) in [6.45, 7) is 7.79. The van der Waals surface area contributed by atoms with Gasteiger partial charge in [-0.05, 0) is 42.5 Å². The number of ether oxygens (including phenoxy) is 1. The molecule has 0 spiro atoms. The fraction of sp³-hybridized carbons (Fsp3) is 0.440. The summed E-state index contributed by atoms with van der Waals surface area (Å²) >= 11 is 0. The SMILES string of the molecule is CCCOc1cc(C)ccc1CNC(=NC)NCc1ccc(CN2CCCC2=O)cc1. The predicted octanol–water partition coefficient (Wildman–Crippen LogP) is 3.77. The number of aryl methyl sites for hydroxylation is 1. The number of hydrogen-bond donors (Lipinski definition) is 2. The summed E-state index contributed by atoms with van der Waals surface area (Å²) in [6, 6.07) is 14.7. The molecule has 1 saturated heterocycles. The van der Waals surface area contributed by atoms with Crippen molar-refractivity contribution in [2.45, 2.75) is 52.7 Å². The minimum absolute atomic E-state index is 0.262. The van der Waals surface area contributed by atoms with Crippen molar-refractivity contribution in [3.63, 3.8) is 0 Å². The van der Waals surface area contributed by atoms with Gasteiger partial charge in [-0.25, -0.2) is 0 Å². The van der Waals surface area contributed by atoms with Crippen molar-refractivity contribution in [1.82, 2.24) is 15.5 Å². The fourth-order valence-corrected chi connectivity index (χ4v) is 3.59. The lowest BCUT2D eigenvalue weighted by atomic mass is 10.1. The molecule has 1 heterocycles. The number of benzene rings is 2. The van der Waals surface area contributed by atoms with Gasteiger partial charge in [-0.1, -0.05) is 43.3 Å². The molecule has 0 bridgehead atoms. The lowest BCUT2D eigenvalue weighted by Gasteiger charge is -2.16. The van der Waals surface area contributed by atoms with Gasteiger partial charge in [0, 0.05) is 45.2 Å². The second-order valence-corrected chi connectivity index (χ2v) is 7.97. The lowest BCUT2D eigenvalue weighted by molar-refractivity contribution is -0.128. The predicted molar refractivity (Wildman–Crippen MR) is 125 cm³/mol. The van der Waals surface area contributed by atoms with E-state index in [1.54, 1.807) is 7.05 Å². The molecule has 3 rings (SSSR count). The maximum Gasteiger partial charge on any atom is 0.222 e. The maximum absolute atomic E-state index is 11.8. The minimum atomic E-state index is 0.262. The van der Waals surface area contributed by atoms with Crippen LogP contribution < -0.4 is 15.4 Å². The highest BCUT2D eigenvalue weighted by Gasteiger charge is 2.19. The molecule has 1 amide bonds. The zero-order chi connectivity index (χ0) is 22.1. The third-order valence-corrected chi connectivity index (χ3v) is 5.38. The fourth-order valence-electron chi connectivity index (χ4n) is 3.59. The zero-order valence-corrected chi connectivity index (χ0v) is 18.9. The molecule has 1 fully saturated rings. The van der Waals surface area contributed by atoms with Crippen LogP contribution in [0.3, 0.4) is 0 Å². The Morgan fingerprint density at radius 1 is 1.10 bits per heavy atom. The molecule has 2 aromatic rings. The van der Waals surface area contributed by atoms with Gasteiger partial charge in [0.2, 0.25) is 5.91 Å². The minimum Gasteiger partial charge on any atom is -0.493 e. The Balaban J connectivity index is 1.50. The van der Waals surface area contributed by atoms with E-state index in [1.807, 2.05) is 4.90 Å². The highest BCUT2D eigenvalue weighted by Crippen LogP contribution is 2.20. The molecule has 6 nitrogen and oxygen atoms in total. The molecule has 0 unspecified atom stereocenters. The van der Waals surface area contributed by atoms with Crippen LogP contribution in [-0.4, -0.2) is 37.0 Å². The monoisotopic (exact) mass is 422 g/mol. The van der Waals surface area contributed by atoms with E-state index in [0.29, 0.717) is 32.7 Å². The van der Waals surface area contributed by atoms with E-state index in [0.717, 1.165) is 36.7 Å². The third-order valence-electron chi connectivity index (χ3n) is 5.38. The molecule has 0 atom stereocenters. The molecule has 0 aliphatic carbocycles. The van der Waals surface area contributed by atoms with Crippen molar-refractivity contribution in [3.8, 4) is 5.75 Å². The first-order valence-electron chi connectivity index (χ1n) is 11.1. The molecular weight excluding hydrogens is 388 g/mol. The van der Waals surface area contributed by atoms with E-state index in [2.05, 4.69) is 71.9 Å². The van der Waals surface area contributed by atoms with Gasteiger partial charge in [0.15, 0.2) is 5.96 Å². The Hall–Kier alpha value is -3.02. The van der Waals surface area contributed by atoms with Crippen LogP contribution in [0.1, 0.15) is 48.4 Å². The molecule has 1 aliphatic rings. The van der Waals surface area contributed by atoms with Crippen molar-refractivity contribution >= 4 is 11.9 Å². The number of nitrogens with zero attached hydrogens (tertiary/aromatic N) is 2. The van der Waals surface area contributed by atoms with Crippen LogP contribution in [-0.2, 0) is 24.4 Å². The highest BCUT2D eigenvalue weighted by molar-refractivity contribution is 5.79. The van der Waals surface area contributed by atoms with Crippen LogP contribution in [0.2, 0.25) is 0 Å². The number of carbonyl (C=O) groups is 1.